The highest BCUT2D eigenvalue weighted by Gasteiger charge is 2.34. The molecular formula is C19H20FN3O3. The quantitative estimate of drug-likeness (QED) is 0.862. The van der Waals surface area contributed by atoms with Gasteiger partial charge in [-0.15, -0.1) is 0 Å². The third-order valence-electron chi connectivity index (χ3n) is 5.86. The van der Waals surface area contributed by atoms with Crippen LogP contribution in [0, 0.1) is 5.82 Å². The Labute approximate surface area is 149 Å². The minimum Gasteiger partial charge on any atom is -0.477 e. The number of carboxylic acids is 1. The van der Waals surface area contributed by atoms with Gasteiger partial charge in [0.1, 0.15) is 11.4 Å². The molecule has 3 aliphatic rings. The van der Waals surface area contributed by atoms with E-state index in [4.69, 9.17) is 0 Å². The maximum absolute atomic E-state index is 15.1. The maximum atomic E-state index is 15.1. The molecule has 1 saturated carbocycles. The molecule has 0 radical (unpaired) electrons. The van der Waals surface area contributed by atoms with E-state index in [1.807, 2.05) is 4.57 Å². The molecule has 1 aliphatic carbocycles. The van der Waals surface area contributed by atoms with Gasteiger partial charge < -0.3 is 19.9 Å². The van der Waals surface area contributed by atoms with Crippen LogP contribution >= 0.6 is 0 Å². The molecular weight excluding hydrogens is 337 g/mol. The number of benzene rings is 1. The highest BCUT2D eigenvalue weighted by molar-refractivity contribution is 5.95. The van der Waals surface area contributed by atoms with Gasteiger partial charge in [0.15, 0.2) is 0 Å². The highest BCUT2D eigenvalue weighted by atomic mass is 19.1. The summed E-state index contributed by atoms with van der Waals surface area (Å²) < 4.78 is 17.0. The molecule has 6 nitrogen and oxygen atoms in total. The molecule has 2 fully saturated rings. The molecule has 2 aromatic rings. The van der Waals surface area contributed by atoms with Crippen molar-refractivity contribution in [1.29, 1.82) is 0 Å². The maximum Gasteiger partial charge on any atom is 0.341 e. The second kappa shape index (κ2) is 5.54. The standard InChI is InChI=1S/C19H20FN3O3/c20-15-6-12-16(13-8-21-7-11-2-1-5-22(11)17(13)15)23(10-3-4-10)9-14(18(12)24)19(25)26/h6,9-11,21H,1-5,7-8H2,(H,25,26). The van der Waals surface area contributed by atoms with Crippen molar-refractivity contribution in [3.8, 4) is 0 Å². The van der Waals surface area contributed by atoms with Gasteiger partial charge in [-0.25, -0.2) is 9.18 Å². The van der Waals surface area contributed by atoms with Crippen molar-refractivity contribution in [1.82, 2.24) is 9.88 Å². The van der Waals surface area contributed by atoms with E-state index in [0.29, 0.717) is 17.7 Å². The zero-order chi connectivity index (χ0) is 18.0. The van der Waals surface area contributed by atoms with Gasteiger partial charge in [-0.3, -0.25) is 4.79 Å². The van der Waals surface area contributed by atoms with E-state index >= 15 is 4.39 Å². The first-order valence-electron chi connectivity index (χ1n) is 9.17. The molecule has 0 bridgehead atoms. The number of carboxylic acid groups (broad SMARTS) is 1. The summed E-state index contributed by atoms with van der Waals surface area (Å²) in [6.07, 6.45) is 5.40. The van der Waals surface area contributed by atoms with E-state index in [9.17, 15) is 14.7 Å². The monoisotopic (exact) mass is 357 g/mol. The smallest absolute Gasteiger partial charge is 0.341 e. The van der Waals surface area contributed by atoms with Gasteiger partial charge in [-0.05, 0) is 31.7 Å². The SMILES string of the molecule is O=C(O)c1cn(C2CC2)c2c3c(c(F)cc2c1=O)N1CCCC1CNC3. The lowest BCUT2D eigenvalue weighted by atomic mass is 10.0. The third kappa shape index (κ3) is 2.19. The Morgan fingerprint density at radius 1 is 1.27 bits per heavy atom. The van der Waals surface area contributed by atoms with Crippen LogP contribution in [0.3, 0.4) is 0 Å². The fourth-order valence-corrected chi connectivity index (χ4v) is 4.53. The Morgan fingerprint density at radius 3 is 2.81 bits per heavy atom. The van der Waals surface area contributed by atoms with Gasteiger partial charge in [0.05, 0.1) is 11.2 Å². The number of rotatable bonds is 2. The first-order chi connectivity index (χ1) is 12.6. The van der Waals surface area contributed by atoms with E-state index in [1.54, 1.807) is 0 Å². The lowest BCUT2D eigenvalue weighted by Gasteiger charge is -2.27. The molecule has 0 spiro atoms. The lowest BCUT2D eigenvalue weighted by Crippen LogP contribution is -2.35. The van der Waals surface area contributed by atoms with Crippen molar-refractivity contribution in [3.63, 3.8) is 0 Å². The second-order valence-corrected chi connectivity index (χ2v) is 7.52. The van der Waals surface area contributed by atoms with Crippen LogP contribution in [-0.2, 0) is 6.54 Å². The minimum absolute atomic E-state index is 0.174. The van der Waals surface area contributed by atoms with Crippen LogP contribution in [0.1, 0.15) is 47.6 Å². The normalized spacial score (nSPS) is 22.2. The Hall–Kier alpha value is -2.41. The number of nitrogens with zero attached hydrogens (tertiary/aromatic N) is 2. The molecule has 1 aromatic heterocycles. The van der Waals surface area contributed by atoms with Crippen molar-refractivity contribution < 1.29 is 14.3 Å². The van der Waals surface area contributed by atoms with Crippen LogP contribution in [0.4, 0.5) is 10.1 Å². The first kappa shape index (κ1) is 15.8. The predicted molar refractivity (Wildman–Crippen MR) is 95.5 cm³/mol. The topological polar surface area (TPSA) is 74.6 Å². The molecule has 1 unspecified atom stereocenters. The Bertz CT molecular complexity index is 996. The number of hydrogen-bond donors (Lipinski definition) is 2. The molecule has 1 aromatic carbocycles. The van der Waals surface area contributed by atoms with E-state index in [0.717, 1.165) is 44.3 Å². The molecule has 3 heterocycles. The zero-order valence-corrected chi connectivity index (χ0v) is 14.3. The van der Waals surface area contributed by atoms with Crippen molar-refractivity contribution in [2.45, 2.75) is 44.3 Å². The summed E-state index contributed by atoms with van der Waals surface area (Å²) in [5, 5.41) is 13.0. The number of aromatic nitrogens is 1. The fourth-order valence-electron chi connectivity index (χ4n) is 4.53. The molecule has 136 valence electrons. The number of nitrogens with one attached hydrogen (secondary N) is 1. The summed E-state index contributed by atoms with van der Waals surface area (Å²) in [5.74, 6) is -1.69. The third-order valence-corrected chi connectivity index (χ3v) is 5.86. The molecule has 0 amide bonds. The van der Waals surface area contributed by atoms with Crippen LogP contribution in [-0.4, -0.2) is 34.8 Å². The van der Waals surface area contributed by atoms with Crippen LogP contribution in [0.2, 0.25) is 0 Å². The van der Waals surface area contributed by atoms with Crippen molar-refractivity contribution >= 4 is 22.6 Å². The molecule has 2 N–H and O–H groups in total. The average Bonchev–Trinajstić information content (AvgIpc) is 3.38. The van der Waals surface area contributed by atoms with Gasteiger partial charge in [0.25, 0.3) is 0 Å². The van der Waals surface area contributed by atoms with E-state index < -0.39 is 17.2 Å². The first-order valence-corrected chi connectivity index (χ1v) is 9.17. The summed E-state index contributed by atoms with van der Waals surface area (Å²) in [5.41, 5.74) is 1.17. The van der Waals surface area contributed by atoms with Crippen molar-refractivity contribution in [3.05, 3.63) is 39.4 Å². The molecule has 26 heavy (non-hydrogen) atoms. The van der Waals surface area contributed by atoms with Crippen molar-refractivity contribution in [2.75, 3.05) is 18.0 Å². The lowest BCUT2D eigenvalue weighted by molar-refractivity contribution is 0.0695. The van der Waals surface area contributed by atoms with Crippen LogP contribution < -0.4 is 15.6 Å². The van der Waals surface area contributed by atoms with Crippen LogP contribution in [0.5, 0.6) is 0 Å². The van der Waals surface area contributed by atoms with Crippen molar-refractivity contribution in [2.24, 2.45) is 0 Å². The predicted octanol–water partition coefficient (Wildman–Crippen LogP) is 2.25. The van der Waals surface area contributed by atoms with Crippen LogP contribution in [0.25, 0.3) is 10.9 Å². The highest BCUT2D eigenvalue weighted by Crippen LogP contribution is 2.42. The second-order valence-electron chi connectivity index (χ2n) is 7.52. The molecule has 7 heteroatoms. The number of fused-ring (bicyclic) bond motifs is 5. The summed E-state index contributed by atoms with van der Waals surface area (Å²) in [6.45, 7) is 2.08. The van der Waals surface area contributed by atoms with Gasteiger partial charge in [0.2, 0.25) is 5.43 Å². The van der Waals surface area contributed by atoms with E-state index in [2.05, 4.69) is 10.2 Å². The minimum atomic E-state index is -1.26. The molecule has 1 saturated heterocycles. The number of pyridine rings is 1. The molecule has 1 atom stereocenters. The Morgan fingerprint density at radius 2 is 2.08 bits per heavy atom. The summed E-state index contributed by atoms with van der Waals surface area (Å²) in [4.78, 5) is 26.4. The number of hydrogen-bond acceptors (Lipinski definition) is 4. The summed E-state index contributed by atoms with van der Waals surface area (Å²) in [7, 11) is 0. The van der Waals surface area contributed by atoms with Gasteiger partial charge in [-0.1, -0.05) is 0 Å². The molecule has 5 rings (SSSR count). The number of aromatic carboxylic acids is 1. The van der Waals surface area contributed by atoms with E-state index in [-0.39, 0.29) is 23.0 Å². The average molecular weight is 357 g/mol. The fraction of sp³-hybridized carbons (Fsp3) is 0.474. The zero-order valence-electron chi connectivity index (χ0n) is 14.3. The van der Waals surface area contributed by atoms with Crippen LogP contribution in [0.15, 0.2) is 17.1 Å². The Kier molecular flexibility index (Phi) is 3.37. The number of anilines is 1. The van der Waals surface area contributed by atoms with Gasteiger partial charge in [-0.2, -0.15) is 0 Å². The summed E-state index contributed by atoms with van der Waals surface area (Å²) in [6, 6.07) is 1.70. The largest absolute Gasteiger partial charge is 0.477 e. The number of carbonyl (C=O) groups is 1. The van der Waals surface area contributed by atoms with Gasteiger partial charge >= 0.3 is 5.97 Å². The Balaban J connectivity index is 1.88. The van der Waals surface area contributed by atoms with E-state index in [1.165, 1.54) is 12.3 Å². The molecule has 2 aliphatic heterocycles. The summed E-state index contributed by atoms with van der Waals surface area (Å²) >= 11 is 0. The van der Waals surface area contributed by atoms with Gasteiger partial charge in [0, 0.05) is 48.9 Å². The number of halogens is 1.